The minimum Gasteiger partial charge on any atom is -0.481 e. The van der Waals surface area contributed by atoms with Crippen molar-refractivity contribution in [2.24, 2.45) is 0 Å². The van der Waals surface area contributed by atoms with E-state index in [1.807, 2.05) is 18.4 Å². The first-order chi connectivity index (χ1) is 5.18. The van der Waals surface area contributed by atoms with Gasteiger partial charge in [0.05, 0.1) is 9.96 Å². The molecule has 11 heavy (non-hydrogen) atoms. The van der Waals surface area contributed by atoms with Crippen molar-refractivity contribution >= 4 is 29.1 Å². The van der Waals surface area contributed by atoms with E-state index in [1.54, 1.807) is 11.3 Å². The van der Waals surface area contributed by atoms with Crippen LogP contribution in [-0.2, 0) is 4.79 Å². The quantitative estimate of drug-likeness (QED) is 0.739. The molecule has 0 bridgehead atoms. The topological polar surface area (TPSA) is 37.3 Å². The first-order valence-corrected chi connectivity index (χ1v) is 4.95. The number of carboxylic acid groups (broad SMARTS) is 1. The lowest BCUT2D eigenvalue weighted by Gasteiger charge is -1.89. The predicted molar refractivity (Wildman–Crippen MR) is 47.4 cm³/mol. The monoisotopic (exact) mass is 188 g/mol. The van der Waals surface area contributed by atoms with Crippen LogP contribution in [0, 0.1) is 6.92 Å². The molecule has 1 aromatic rings. The number of hydrogen-bond donors (Lipinski definition) is 1. The molecule has 0 aliphatic carbocycles. The number of hydrogen-bond acceptors (Lipinski definition) is 3. The van der Waals surface area contributed by atoms with Crippen molar-refractivity contribution in [2.75, 3.05) is 5.75 Å². The molecule has 0 saturated carbocycles. The first kappa shape index (κ1) is 8.62. The Labute approximate surface area is 73.2 Å². The van der Waals surface area contributed by atoms with Crippen molar-refractivity contribution in [3.8, 4) is 0 Å². The molecule has 0 aromatic carbocycles. The van der Waals surface area contributed by atoms with E-state index in [1.165, 1.54) is 17.3 Å². The van der Waals surface area contributed by atoms with Gasteiger partial charge in [0.15, 0.2) is 0 Å². The highest BCUT2D eigenvalue weighted by Gasteiger charge is 2.00. The predicted octanol–water partition coefficient (Wildman–Crippen LogP) is 2.23. The molecule has 2 nitrogen and oxygen atoms in total. The SMILES string of the molecule is Cc1csc(SCC(=O)O)c1. The Morgan fingerprint density at radius 1 is 1.82 bits per heavy atom. The fourth-order valence-corrected chi connectivity index (χ4v) is 2.37. The Kier molecular flexibility index (Phi) is 2.96. The van der Waals surface area contributed by atoms with Crippen LogP contribution in [-0.4, -0.2) is 16.8 Å². The summed E-state index contributed by atoms with van der Waals surface area (Å²) in [7, 11) is 0. The van der Waals surface area contributed by atoms with Crippen molar-refractivity contribution in [1.82, 2.24) is 0 Å². The Balaban J connectivity index is 2.45. The summed E-state index contributed by atoms with van der Waals surface area (Å²) in [5.41, 5.74) is 1.20. The van der Waals surface area contributed by atoms with Gasteiger partial charge in [0.1, 0.15) is 0 Å². The molecule has 1 heterocycles. The van der Waals surface area contributed by atoms with Gasteiger partial charge in [-0.25, -0.2) is 0 Å². The van der Waals surface area contributed by atoms with E-state index in [9.17, 15) is 4.79 Å². The van der Waals surface area contributed by atoms with Crippen LogP contribution in [0.25, 0.3) is 0 Å². The van der Waals surface area contributed by atoms with Crippen LogP contribution in [0.3, 0.4) is 0 Å². The molecule has 0 saturated heterocycles. The van der Waals surface area contributed by atoms with Crippen LogP contribution in [0.4, 0.5) is 0 Å². The van der Waals surface area contributed by atoms with E-state index >= 15 is 0 Å². The Morgan fingerprint density at radius 3 is 3.00 bits per heavy atom. The van der Waals surface area contributed by atoms with E-state index in [2.05, 4.69) is 0 Å². The Morgan fingerprint density at radius 2 is 2.55 bits per heavy atom. The first-order valence-electron chi connectivity index (χ1n) is 3.08. The minimum atomic E-state index is -0.763. The number of thioether (sulfide) groups is 1. The van der Waals surface area contributed by atoms with Crippen LogP contribution >= 0.6 is 23.1 Å². The summed E-state index contributed by atoms with van der Waals surface area (Å²) in [6.07, 6.45) is 0. The van der Waals surface area contributed by atoms with Gasteiger partial charge >= 0.3 is 5.97 Å². The molecule has 0 amide bonds. The van der Waals surface area contributed by atoms with Crippen molar-refractivity contribution in [3.05, 3.63) is 17.0 Å². The zero-order valence-corrected chi connectivity index (χ0v) is 7.67. The fraction of sp³-hybridized carbons (Fsp3) is 0.286. The number of aliphatic carboxylic acids is 1. The minimum absolute atomic E-state index is 0.153. The second kappa shape index (κ2) is 3.78. The van der Waals surface area contributed by atoms with Crippen LogP contribution in [0.5, 0.6) is 0 Å². The van der Waals surface area contributed by atoms with E-state index in [0.717, 1.165) is 4.21 Å². The summed E-state index contributed by atoms with van der Waals surface area (Å²) in [4.78, 5) is 10.2. The summed E-state index contributed by atoms with van der Waals surface area (Å²) in [5, 5.41) is 10.4. The molecule has 0 aliphatic rings. The van der Waals surface area contributed by atoms with Gasteiger partial charge in [0, 0.05) is 0 Å². The van der Waals surface area contributed by atoms with Gasteiger partial charge in [-0.1, -0.05) is 0 Å². The molecule has 4 heteroatoms. The zero-order chi connectivity index (χ0) is 8.27. The number of carbonyl (C=O) groups is 1. The van der Waals surface area contributed by atoms with Gasteiger partial charge in [-0.2, -0.15) is 0 Å². The molecule has 0 fully saturated rings. The van der Waals surface area contributed by atoms with Gasteiger partial charge in [0.2, 0.25) is 0 Å². The number of thiophene rings is 1. The number of carboxylic acids is 1. The summed E-state index contributed by atoms with van der Waals surface area (Å²) >= 11 is 2.96. The number of aryl methyl sites for hydroxylation is 1. The third-order valence-corrected chi connectivity index (χ3v) is 3.32. The smallest absolute Gasteiger partial charge is 0.313 e. The van der Waals surface area contributed by atoms with Crippen molar-refractivity contribution in [2.45, 2.75) is 11.1 Å². The molecule has 1 N–H and O–H groups in total. The highest BCUT2D eigenvalue weighted by atomic mass is 32.2. The second-order valence-electron chi connectivity index (χ2n) is 2.13. The molecule has 60 valence electrons. The zero-order valence-electron chi connectivity index (χ0n) is 6.03. The van der Waals surface area contributed by atoms with Gasteiger partial charge in [-0.15, -0.1) is 23.1 Å². The maximum Gasteiger partial charge on any atom is 0.313 e. The standard InChI is InChI=1S/C7H8O2S2/c1-5-2-7(10-3-5)11-4-6(8)9/h2-3H,4H2,1H3,(H,8,9). The molecule has 1 aromatic heterocycles. The van der Waals surface area contributed by atoms with Gasteiger partial charge in [-0.05, 0) is 23.9 Å². The van der Waals surface area contributed by atoms with Gasteiger partial charge in [-0.3, -0.25) is 4.79 Å². The molecule has 0 atom stereocenters. The van der Waals surface area contributed by atoms with Crippen LogP contribution in [0.1, 0.15) is 5.56 Å². The van der Waals surface area contributed by atoms with Crippen molar-refractivity contribution in [1.29, 1.82) is 0 Å². The fourth-order valence-electron chi connectivity index (χ4n) is 0.614. The average Bonchev–Trinajstić information content (AvgIpc) is 2.31. The summed E-state index contributed by atoms with van der Waals surface area (Å²) in [6, 6.07) is 2.00. The lowest BCUT2D eigenvalue weighted by atomic mass is 10.4. The second-order valence-corrected chi connectivity index (χ2v) is 4.31. The Hall–Kier alpha value is -0.480. The summed E-state index contributed by atoms with van der Waals surface area (Å²) in [6.45, 7) is 2.00. The van der Waals surface area contributed by atoms with Crippen molar-refractivity contribution in [3.63, 3.8) is 0 Å². The van der Waals surface area contributed by atoms with Gasteiger partial charge in [0.25, 0.3) is 0 Å². The molecule has 0 unspecified atom stereocenters. The maximum atomic E-state index is 10.2. The average molecular weight is 188 g/mol. The van der Waals surface area contributed by atoms with E-state index in [-0.39, 0.29) is 5.75 Å². The van der Waals surface area contributed by atoms with Crippen LogP contribution in [0.2, 0.25) is 0 Å². The van der Waals surface area contributed by atoms with E-state index in [4.69, 9.17) is 5.11 Å². The Bertz CT molecular complexity index is 255. The molecular weight excluding hydrogens is 180 g/mol. The number of rotatable bonds is 3. The molecule has 0 aliphatic heterocycles. The molecular formula is C7H8O2S2. The van der Waals surface area contributed by atoms with Gasteiger partial charge < -0.3 is 5.11 Å². The summed E-state index contributed by atoms with van der Waals surface area (Å²) < 4.78 is 1.07. The normalized spacial score (nSPS) is 9.91. The molecule has 0 radical (unpaired) electrons. The van der Waals surface area contributed by atoms with E-state index < -0.39 is 5.97 Å². The lowest BCUT2D eigenvalue weighted by Crippen LogP contribution is -1.96. The molecule has 1 rings (SSSR count). The van der Waals surface area contributed by atoms with Crippen molar-refractivity contribution < 1.29 is 9.90 Å². The molecule has 0 spiro atoms. The van der Waals surface area contributed by atoms with E-state index in [0.29, 0.717) is 0 Å². The lowest BCUT2D eigenvalue weighted by molar-refractivity contribution is -0.133. The van der Waals surface area contributed by atoms with Crippen LogP contribution in [0.15, 0.2) is 15.7 Å². The highest BCUT2D eigenvalue weighted by Crippen LogP contribution is 2.25. The third kappa shape index (κ3) is 2.95. The van der Waals surface area contributed by atoms with Crippen LogP contribution < -0.4 is 0 Å². The highest BCUT2D eigenvalue weighted by molar-refractivity contribution is 8.01. The summed E-state index contributed by atoms with van der Waals surface area (Å²) in [5.74, 6) is -0.610. The third-order valence-electron chi connectivity index (χ3n) is 1.04. The maximum absolute atomic E-state index is 10.2. The largest absolute Gasteiger partial charge is 0.481 e.